The zero-order chi connectivity index (χ0) is 32.3. The number of carbonyl (C=O) groups is 2. The zero-order valence-corrected chi connectivity index (χ0v) is 27.9. The lowest BCUT2D eigenvalue weighted by atomic mass is 9.83. The minimum Gasteiger partial charge on any atom is -0.464 e. The zero-order valence-electron chi connectivity index (χ0n) is 27.1. The molecule has 5 atom stereocenters. The second kappa shape index (κ2) is 11.9. The van der Waals surface area contributed by atoms with Crippen LogP contribution in [0, 0.1) is 17.3 Å². The molecule has 6 bridgehead atoms. The highest BCUT2D eigenvalue weighted by molar-refractivity contribution is 7.10. The van der Waals surface area contributed by atoms with Crippen LogP contribution in [0.25, 0.3) is 27.9 Å². The van der Waals surface area contributed by atoms with E-state index in [1.807, 2.05) is 24.6 Å². The minimum absolute atomic E-state index is 0.169. The number of rotatable bonds is 4. The van der Waals surface area contributed by atoms with Crippen LogP contribution in [0.3, 0.4) is 0 Å². The van der Waals surface area contributed by atoms with E-state index >= 15 is 0 Å². The molecule has 3 aliphatic rings. The third kappa shape index (κ3) is 5.53. The summed E-state index contributed by atoms with van der Waals surface area (Å²) in [5.74, 6) is -0.0997. The number of aromatic nitrogens is 3. The molecule has 1 saturated carbocycles. The van der Waals surface area contributed by atoms with Gasteiger partial charge in [0.2, 0.25) is 0 Å². The van der Waals surface area contributed by atoms with Crippen LogP contribution in [0.1, 0.15) is 62.2 Å². The van der Waals surface area contributed by atoms with Crippen molar-refractivity contribution in [3.05, 3.63) is 64.0 Å². The fourth-order valence-corrected chi connectivity index (χ4v) is 8.04. The molecule has 4 aromatic rings. The molecule has 6 heterocycles. The van der Waals surface area contributed by atoms with E-state index in [9.17, 15) is 9.59 Å². The first-order valence-electron chi connectivity index (χ1n) is 16.2. The topological polar surface area (TPSA) is 124 Å². The van der Waals surface area contributed by atoms with Crippen molar-refractivity contribution in [1.82, 2.24) is 24.8 Å². The molecule has 1 aliphatic carbocycles. The molecule has 11 heteroatoms. The molecular weight excluding hydrogens is 600 g/mol. The number of nitrogens with one attached hydrogen (secondary N) is 1. The maximum absolute atomic E-state index is 13.6. The Kier molecular flexibility index (Phi) is 7.99. The van der Waals surface area contributed by atoms with Gasteiger partial charge in [-0.05, 0) is 61.8 Å². The first kappa shape index (κ1) is 31.0. The summed E-state index contributed by atoms with van der Waals surface area (Å²) in [6.07, 6.45) is 6.42. The van der Waals surface area contributed by atoms with Crippen molar-refractivity contribution < 1.29 is 19.1 Å². The van der Waals surface area contributed by atoms with Gasteiger partial charge in [-0.3, -0.25) is 19.6 Å². The second-order valence-electron chi connectivity index (χ2n) is 13.7. The van der Waals surface area contributed by atoms with Crippen LogP contribution in [0.4, 0.5) is 0 Å². The van der Waals surface area contributed by atoms with E-state index in [0.29, 0.717) is 19.4 Å². The fraction of sp³-hybridized carbons (Fsp3) is 0.486. The van der Waals surface area contributed by atoms with E-state index < -0.39 is 17.5 Å². The number of carbonyl (C=O) groups excluding carboxylic acids is 2. The van der Waals surface area contributed by atoms with Gasteiger partial charge in [-0.2, -0.15) is 0 Å². The van der Waals surface area contributed by atoms with Crippen molar-refractivity contribution in [2.45, 2.75) is 71.6 Å². The molecule has 2 fully saturated rings. The van der Waals surface area contributed by atoms with Crippen LogP contribution in [0.2, 0.25) is 0 Å². The van der Waals surface area contributed by atoms with Gasteiger partial charge in [-0.15, -0.1) is 11.3 Å². The molecule has 7 rings (SSSR count). The normalized spacial score (nSPS) is 25.1. The van der Waals surface area contributed by atoms with Crippen LogP contribution < -0.4 is 11.2 Å². The molecule has 3 N–H and O–H groups in total. The number of aryl methyl sites for hydroxylation is 1. The Labute approximate surface area is 273 Å². The quantitative estimate of drug-likeness (QED) is 0.306. The number of hydrogen-bond acceptors (Lipinski definition) is 9. The summed E-state index contributed by atoms with van der Waals surface area (Å²) < 4.78 is 14.1. The summed E-state index contributed by atoms with van der Waals surface area (Å²) in [4.78, 5) is 36.7. The fourth-order valence-electron chi connectivity index (χ4n) is 7.18. The van der Waals surface area contributed by atoms with Crippen LogP contribution in [-0.2, 0) is 38.3 Å². The number of ether oxygens (including phenoxy) is 2. The largest absolute Gasteiger partial charge is 0.464 e. The number of amides is 1. The first-order valence-corrected chi connectivity index (χ1v) is 17.0. The number of hydrogen-bond donors (Lipinski definition) is 2. The monoisotopic (exact) mass is 642 g/mol. The maximum Gasteiger partial charge on any atom is 0.325 e. The minimum atomic E-state index is -0.770. The van der Waals surface area contributed by atoms with Crippen LogP contribution in [0.15, 0.2) is 42.0 Å². The van der Waals surface area contributed by atoms with Gasteiger partial charge in [0, 0.05) is 71.2 Å². The Morgan fingerprint density at radius 3 is 2.89 bits per heavy atom. The van der Waals surface area contributed by atoms with E-state index in [-0.39, 0.29) is 36.4 Å². The molecule has 1 amide bonds. The van der Waals surface area contributed by atoms with E-state index in [2.05, 4.69) is 55.0 Å². The summed E-state index contributed by atoms with van der Waals surface area (Å²) in [6.45, 7) is 9.26. The van der Waals surface area contributed by atoms with E-state index in [0.717, 1.165) is 51.4 Å². The summed E-state index contributed by atoms with van der Waals surface area (Å²) in [5, 5.41) is 4.38. The Morgan fingerprint density at radius 2 is 2.11 bits per heavy atom. The molecule has 4 aromatic heterocycles. The van der Waals surface area contributed by atoms with E-state index in [4.69, 9.17) is 25.2 Å². The number of nitrogens with two attached hydrogens (primary N) is 1. The molecule has 2 unspecified atom stereocenters. The van der Waals surface area contributed by atoms with Crippen LogP contribution in [-0.4, -0.2) is 63.6 Å². The summed E-state index contributed by atoms with van der Waals surface area (Å²) in [6, 6.07) is 7.08. The van der Waals surface area contributed by atoms with E-state index in [1.165, 1.54) is 22.6 Å². The number of cyclic esters (lactones) is 1. The van der Waals surface area contributed by atoms with Crippen molar-refractivity contribution in [2.75, 3.05) is 20.3 Å². The van der Waals surface area contributed by atoms with Gasteiger partial charge in [-0.25, -0.2) is 10.4 Å². The van der Waals surface area contributed by atoms with Crippen LogP contribution in [0.5, 0.6) is 0 Å². The summed E-state index contributed by atoms with van der Waals surface area (Å²) in [5.41, 5.74) is 17.6. The second-order valence-corrected chi connectivity index (χ2v) is 14.7. The molecular formula is C35H42N6O4S. The highest BCUT2D eigenvalue weighted by Crippen LogP contribution is 2.45. The van der Waals surface area contributed by atoms with Gasteiger partial charge in [0.05, 0.1) is 35.1 Å². The number of esters is 1. The third-order valence-corrected chi connectivity index (χ3v) is 10.7. The maximum atomic E-state index is 13.6. The van der Waals surface area contributed by atoms with Gasteiger partial charge >= 0.3 is 5.97 Å². The Morgan fingerprint density at radius 1 is 1.28 bits per heavy atom. The molecule has 46 heavy (non-hydrogen) atoms. The number of pyridine rings is 2. The van der Waals surface area contributed by atoms with Crippen molar-refractivity contribution >= 4 is 28.7 Å². The van der Waals surface area contributed by atoms with Gasteiger partial charge < -0.3 is 19.6 Å². The number of nitrogens with zero attached hydrogens (tertiary/aromatic N) is 4. The lowest BCUT2D eigenvalue weighted by Crippen LogP contribution is -2.60. The lowest BCUT2D eigenvalue weighted by molar-refractivity contribution is -0.155. The van der Waals surface area contributed by atoms with Gasteiger partial charge in [0.1, 0.15) is 6.04 Å². The average Bonchev–Trinajstić information content (AvgIpc) is 3.60. The molecule has 1 saturated heterocycles. The number of thiazole rings is 1. The first-order chi connectivity index (χ1) is 22.1. The predicted molar refractivity (Wildman–Crippen MR) is 177 cm³/mol. The molecule has 10 nitrogen and oxygen atoms in total. The van der Waals surface area contributed by atoms with Crippen molar-refractivity contribution in [3.8, 4) is 22.4 Å². The third-order valence-electron chi connectivity index (χ3n) is 9.78. The highest BCUT2D eigenvalue weighted by atomic mass is 32.1. The molecule has 242 valence electrons. The van der Waals surface area contributed by atoms with Crippen molar-refractivity contribution in [1.29, 1.82) is 0 Å². The Balaban J connectivity index is 1.38. The number of fused-ring (bicyclic) bond motifs is 8. The SMILES string of the molecule is CCc1c(-c2cccnc2[C@H](C)OC)c2c3cc(ccn13)-c1csc(n1)C[C@H](N)C(=O)N1CC3CC3[C@H](N1)C(=O)OCC(C)(C)C2. The van der Waals surface area contributed by atoms with Crippen LogP contribution >= 0.6 is 11.3 Å². The van der Waals surface area contributed by atoms with Crippen molar-refractivity contribution in [2.24, 2.45) is 23.0 Å². The Hall–Kier alpha value is -3.64. The number of methoxy groups -OCH3 is 1. The highest BCUT2D eigenvalue weighted by Gasteiger charge is 2.53. The lowest BCUT2D eigenvalue weighted by Gasteiger charge is -2.34. The smallest absolute Gasteiger partial charge is 0.325 e. The molecule has 0 aromatic carbocycles. The van der Waals surface area contributed by atoms with Gasteiger partial charge in [0.25, 0.3) is 5.91 Å². The average molecular weight is 643 g/mol. The van der Waals surface area contributed by atoms with Crippen molar-refractivity contribution in [3.63, 3.8) is 0 Å². The standard InChI is InChI=1S/C35H42N6O4S/c1-6-27-30(22-8-7-10-37-31(22)19(2)44-5)24-15-35(3,4)18-45-34(43)32-23-12-21(23)16-41(39-32)33(42)25(36)14-29-38-26(17-46-29)20-9-11-40(27)28(24)13-20/h7-11,13,17,19,21,23,25,32,39H,6,12,14-16,18,36H2,1-5H3/t19-,21?,23?,25-,32-/m0/s1. The molecule has 0 radical (unpaired) electrons. The van der Waals surface area contributed by atoms with Gasteiger partial charge in [-0.1, -0.05) is 26.8 Å². The van der Waals surface area contributed by atoms with E-state index in [1.54, 1.807) is 12.1 Å². The summed E-state index contributed by atoms with van der Waals surface area (Å²) >= 11 is 1.51. The number of hydrazine groups is 1. The Bertz CT molecular complexity index is 1810. The van der Waals surface area contributed by atoms with Gasteiger partial charge in [0.15, 0.2) is 0 Å². The molecule has 2 aliphatic heterocycles. The predicted octanol–water partition coefficient (Wildman–Crippen LogP) is 4.74. The summed E-state index contributed by atoms with van der Waals surface area (Å²) in [7, 11) is 1.71. The molecule has 0 spiro atoms.